The molecule has 0 bridgehead atoms. The van der Waals surface area contributed by atoms with Crippen LogP contribution in [0.4, 0.5) is 0 Å². The molecule has 0 unspecified atom stereocenters. The number of ether oxygens (including phenoxy) is 1. The highest BCUT2D eigenvalue weighted by molar-refractivity contribution is 5.59. The summed E-state index contributed by atoms with van der Waals surface area (Å²) in [5.41, 5.74) is 3.12. The molecule has 0 aliphatic heterocycles. The monoisotopic (exact) mass is 317 g/mol. The molecular weight excluding hydrogens is 302 g/mol. The summed E-state index contributed by atoms with van der Waals surface area (Å²) in [5.74, 6) is 1.32. The van der Waals surface area contributed by atoms with Crippen LogP contribution in [0.1, 0.15) is 5.56 Å². The lowest BCUT2D eigenvalue weighted by atomic mass is 10.1. The normalized spacial score (nSPS) is 10.7. The van der Waals surface area contributed by atoms with E-state index >= 15 is 0 Å². The fourth-order valence-corrected chi connectivity index (χ4v) is 2.40. The molecule has 3 aromatic heterocycles. The average molecular weight is 317 g/mol. The number of benzene rings is 1. The maximum Gasteiger partial charge on any atom is 0.233 e. The Labute approximate surface area is 138 Å². The van der Waals surface area contributed by atoms with Gasteiger partial charge in [-0.2, -0.15) is 5.10 Å². The summed E-state index contributed by atoms with van der Waals surface area (Å²) in [6.07, 6.45) is 5.31. The van der Waals surface area contributed by atoms with Gasteiger partial charge in [-0.25, -0.2) is 9.67 Å². The number of pyridine rings is 1. The van der Waals surface area contributed by atoms with E-state index in [9.17, 15) is 0 Å². The first kappa shape index (κ1) is 14.2. The van der Waals surface area contributed by atoms with Crippen molar-refractivity contribution >= 4 is 0 Å². The van der Waals surface area contributed by atoms with Crippen molar-refractivity contribution in [3.63, 3.8) is 0 Å². The van der Waals surface area contributed by atoms with Crippen molar-refractivity contribution < 1.29 is 4.74 Å². The zero-order valence-electron chi connectivity index (χ0n) is 12.8. The van der Waals surface area contributed by atoms with E-state index in [2.05, 4.69) is 26.3 Å². The lowest BCUT2D eigenvalue weighted by molar-refractivity contribution is 0.292. The Morgan fingerprint density at radius 3 is 2.83 bits per heavy atom. The fraction of sp³-hybridized carbons (Fsp3) is 0.0556. The minimum atomic E-state index is 0.446. The quantitative estimate of drug-likeness (QED) is 0.613. The predicted octanol–water partition coefficient (Wildman–Crippen LogP) is 3.24. The molecule has 6 nitrogen and oxygen atoms in total. The van der Waals surface area contributed by atoms with E-state index in [1.165, 1.54) is 0 Å². The lowest BCUT2D eigenvalue weighted by Crippen LogP contribution is -2.00. The molecule has 118 valence electrons. The van der Waals surface area contributed by atoms with Gasteiger partial charge >= 0.3 is 0 Å². The minimum Gasteiger partial charge on any atom is -0.472 e. The molecule has 0 fully saturated rings. The molecule has 3 heterocycles. The molecule has 1 N–H and O–H groups in total. The third-order valence-corrected chi connectivity index (χ3v) is 3.57. The molecule has 0 atom stereocenters. The first-order valence-corrected chi connectivity index (χ1v) is 7.57. The summed E-state index contributed by atoms with van der Waals surface area (Å²) in [5, 5.41) is 11.3. The Balaban J connectivity index is 1.46. The van der Waals surface area contributed by atoms with Crippen molar-refractivity contribution in [2.24, 2.45) is 0 Å². The fourth-order valence-electron chi connectivity index (χ4n) is 2.40. The summed E-state index contributed by atoms with van der Waals surface area (Å²) in [6, 6.07) is 17.6. The third-order valence-electron chi connectivity index (χ3n) is 3.57. The second kappa shape index (κ2) is 6.37. The Morgan fingerprint density at radius 1 is 1.00 bits per heavy atom. The molecule has 0 amide bonds. The van der Waals surface area contributed by atoms with Crippen LogP contribution in [0.3, 0.4) is 0 Å². The number of hydrogen-bond acceptors (Lipinski definition) is 4. The highest BCUT2D eigenvalue weighted by atomic mass is 16.5. The second-order valence-corrected chi connectivity index (χ2v) is 5.25. The van der Waals surface area contributed by atoms with Crippen molar-refractivity contribution in [2.75, 3.05) is 0 Å². The molecular formula is C18H15N5O. The van der Waals surface area contributed by atoms with Gasteiger partial charge in [-0.3, -0.25) is 5.10 Å². The molecule has 24 heavy (non-hydrogen) atoms. The summed E-state index contributed by atoms with van der Waals surface area (Å²) < 4.78 is 7.47. The predicted molar refractivity (Wildman–Crippen MR) is 89.7 cm³/mol. The van der Waals surface area contributed by atoms with Crippen LogP contribution in [0.2, 0.25) is 0 Å². The summed E-state index contributed by atoms with van der Waals surface area (Å²) in [7, 11) is 0. The number of rotatable bonds is 5. The van der Waals surface area contributed by atoms with E-state index in [1.54, 1.807) is 17.1 Å². The molecule has 4 aromatic rings. The molecule has 4 rings (SSSR count). The van der Waals surface area contributed by atoms with Crippen LogP contribution < -0.4 is 4.74 Å². The van der Waals surface area contributed by atoms with Crippen molar-refractivity contribution in [1.82, 2.24) is 25.0 Å². The van der Waals surface area contributed by atoms with Gasteiger partial charge in [0.2, 0.25) is 5.88 Å². The van der Waals surface area contributed by atoms with Gasteiger partial charge in [0.25, 0.3) is 0 Å². The SMILES string of the molecule is c1ccc(-n2ccc(OCc3cccc(-c4ccn[nH]4)c3)n2)nc1. The summed E-state index contributed by atoms with van der Waals surface area (Å²) >= 11 is 0. The number of aromatic amines is 1. The minimum absolute atomic E-state index is 0.446. The highest BCUT2D eigenvalue weighted by Gasteiger charge is 2.05. The van der Waals surface area contributed by atoms with E-state index in [0.717, 1.165) is 22.6 Å². The van der Waals surface area contributed by atoms with Gasteiger partial charge in [0, 0.05) is 24.7 Å². The van der Waals surface area contributed by atoms with Crippen LogP contribution >= 0.6 is 0 Å². The molecule has 6 heteroatoms. The van der Waals surface area contributed by atoms with Gasteiger partial charge in [0.05, 0.1) is 5.69 Å². The lowest BCUT2D eigenvalue weighted by Gasteiger charge is -2.05. The van der Waals surface area contributed by atoms with E-state index in [1.807, 2.05) is 54.7 Å². The number of nitrogens with one attached hydrogen (secondary N) is 1. The first-order valence-electron chi connectivity index (χ1n) is 7.57. The zero-order chi connectivity index (χ0) is 16.2. The number of hydrogen-bond donors (Lipinski definition) is 1. The van der Waals surface area contributed by atoms with E-state index < -0.39 is 0 Å². The third kappa shape index (κ3) is 3.03. The summed E-state index contributed by atoms with van der Waals surface area (Å²) in [4.78, 5) is 4.26. The molecule has 0 radical (unpaired) electrons. The molecule has 0 aliphatic carbocycles. The van der Waals surface area contributed by atoms with Crippen LogP contribution in [0, 0.1) is 0 Å². The van der Waals surface area contributed by atoms with E-state index in [0.29, 0.717) is 12.5 Å². The van der Waals surface area contributed by atoms with Gasteiger partial charge in [-0.1, -0.05) is 24.3 Å². The zero-order valence-corrected chi connectivity index (χ0v) is 12.8. The maximum absolute atomic E-state index is 5.78. The van der Waals surface area contributed by atoms with Crippen LogP contribution in [0.15, 0.2) is 73.2 Å². The largest absolute Gasteiger partial charge is 0.472 e. The van der Waals surface area contributed by atoms with Crippen molar-refractivity contribution in [3.8, 4) is 23.0 Å². The van der Waals surface area contributed by atoms with Crippen LogP contribution in [-0.2, 0) is 6.61 Å². The Bertz CT molecular complexity index is 916. The number of nitrogens with zero attached hydrogens (tertiary/aromatic N) is 4. The molecule has 1 aromatic carbocycles. The molecule has 0 spiro atoms. The Kier molecular flexibility index (Phi) is 3.77. The van der Waals surface area contributed by atoms with Gasteiger partial charge in [-0.15, -0.1) is 5.10 Å². The summed E-state index contributed by atoms with van der Waals surface area (Å²) in [6.45, 7) is 0.446. The highest BCUT2D eigenvalue weighted by Crippen LogP contribution is 2.19. The second-order valence-electron chi connectivity index (χ2n) is 5.25. The van der Waals surface area contributed by atoms with Gasteiger partial charge in [0.15, 0.2) is 5.82 Å². The van der Waals surface area contributed by atoms with Gasteiger partial charge in [-0.05, 0) is 35.4 Å². The van der Waals surface area contributed by atoms with Crippen molar-refractivity contribution in [3.05, 3.63) is 78.8 Å². The molecule has 0 saturated heterocycles. The van der Waals surface area contributed by atoms with Crippen LogP contribution in [0.5, 0.6) is 5.88 Å². The average Bonchev–Trinajstić information content (AvgIpc) is 3.33. The van der Waals surface area contributed by atoms with Gasteiger partial charge in [0.1, 0.15) is 6.61 Å². The standard InChI is InChI=1S/C18H15N5O/c1-2-9-19-17(6-1)23-11-8-18(22-23)24-13-14-4-3-5-15(12-14)16-7-10-20-21-16/h1-12H,13H2,(H,20,21). The molecule has 0 saturated carbocycles. The Hall–Kier alpha value is -3.41. The van der Waals surface area contributed by atoms with Crippen molar-refractivity contribution in [1.29, 1.82) is 0 Å². The van der Waals surface area contributed by atoms with E-state index in [4.69, 9.17) is 4.74 Å². The topological polar surface area (TPSA) is 68.6 Å². The first-order chi connectivity index (χ1) is 11.9. The van der Waals surface area contributed by atoms with E-state index in [-0.39, 0.29) is 0 Å². The Morgan fingerprint density at radius 2 is 2.00 bits per heavy atom. The van der Waals surface area contributed by atoms with Crippen molar-refractivity contribution in [2.45, 2.75) is 6.61 Å². The number of aromatic nitrogens is 5. The van der Waals surface area contributed by atoms with Gasteiger partial charge < -0.3 is 4.74 Å². The maximum atomic E-state index is 5.78. The number of H-pyrrole nitrogens is 1. The van der Waals surface area contributed by atoms with Crippen LogP contribution in [-0.4, -0.2) is 25.0 Å². The molecule has 0 aliphatic rings. The smallest absolute Gasteiger partial charge is 0.233 e. The van der Waals surface area contributed by atoms with Crippen LogP contribution in [0.25, 0.3) is 17.1 Å².